The molecule has 0 spiro atoms. The largest absolute Gasteiger partial charge is 0.444 e. The maximum atomic E-state index is 11.7. The summed E-state index contributed by atoms with van der Waals surface area (Å²) in [7, 11) is 0. The predicted octanol–water partition coefficient (Wildman–Crippen LogP) is 3.09. The van der Waals surface area contributed by atoms with E-state index in [1.54, 1.807) is 26.8 Å². The van der Waals surface area contributed by atoms with Gasteiger partial charge in [0.1, 0.15) is 5.60 Å². The molecule has 0 aliphatic rings. The molecule has 0 fully saturated rings. The van der Waals surface area contributed by atoms with Gasteiger partial charge in [0.05, 0.1) is 17.1 Å². The molecule has 104 valence electrons. The molecule has 0 saturated carbocycles. The first-order valence-electron chi connectivity index (χ1n) is 6.19. The molecule has 2 aromatic rings. The number of nitriles is 1. The van der Waals surface area contributed by atoms with Gasteiger partial charge in [-0.25, -0.2) is 4.79 Å². The molecule has 20 heavy (non-hydrogen) atoms. The molecule has 0 unspecified atom stereocenters. The maximum Gasteiger partial charge on any atom is 0.413 e. The molecule has 1 aromatic heterocycles. The van der Waals surface area contributed by atoms with Gasteiger partial charge in [-0.05, 0) is 45.4 Å². The van der Waals surface area contributed by atoms with Crippen LogP contribution in [0.2, 0.25) is 0 Å². The lowest BCUT2D eigenvalue weighted by Gasteiger charge is -2.19. The molecule has 0 radical (unpaired) electrons. The lowest BCUT2D eigenvalue weighted by atomic mass is 10.1. The van der Waals surface area contributed by atoms with E-state index >= 15 is 0 Å². The summed E-state index contributed by atoms with van der Waals surface area (Å²) in [6, 6.07) is 5.62. The number of hydrogen-bond acceptors (Lipinski definition) is 4. The van der Waals surface area contributed by atoms with Crippen molar-refractivity contribution in [2.24, 2.45) is 0 Å². The Morgan fingerprint density at radius 1 is 1.45 bits per heavy atom. The zero-order valence-corrected chi connectivity index (χ0v) is 11.9. The van der Waals surface area contributed by atoms with E-state index in [1.165, 1.54) is 0 Å². The number of fused-ring (bicyclic) bond motifs is 1. The molecule has 1 heterocycles. The lowest BCUT2D eigenvalue weighted by molar-refractivity contribution is 0.0635. The minimum absolute atomic E-state index is 0.391. The van der Waals surface area contributed by atoms with Gasteiger partial charge in [-0.1, -0.05) is 0 Å². The number of H-pyrrole nitrogens is 1. The monoisotopic (exact) mass is 272 g/mol. The van der Waals surface area contributed by atoms with Gasteiger partial charge in [-0.2, -0.15) is 10.4 Å². The number of carbonyl (C=O) groups excluding carboxylic acids is 1. The molecule has 0 aliphatic carbocycles. The second kappa shape index (κ2) is 4.85. The van der Waals surface area contributed by atoms with Crippen molar-refractivity contribution < 1.29 is 9.53 Å². The first-order chi connectivity index (χ1) is 9.30. The summed E-state index contributed by atoms with van der Waals surface area (Å²) in [6.07, 6.45) is -0.562. The first-order valence-corrected chi connectivity index (χ1v) is 6.19. The molecule has 0 aliphatic heterocycles. The van der Waals surface area contributed by atoms with Crippen LogP contribution >= 0.6 is 0 Å². The van der Waals surface area contributed by atoms with E-state index < -0.39 is 11.7 Å². The Morgan fingerprint density at radius 2 is 2.15 bits per heavy atom. The summed E-state index contributed by atoms with van der Waals surface area (Å²) in [4.78, 5) is 11.7. The number of anilines is 1. The normalized spacial score (nSPS) is 11.2. The highest BCUT2D eigenvalue weighted by molar-refractivity contribution is 5.98. The Balaban J connectivity index is 2.31. The second-order valence-corrected chi connectivity index (χ2v) is 5.52. The maximum absolute atomic E-state index is 11.7. The minimum atomic E-state index is -0.569. The second-order valence-electron chi connectivity index (χ2n) is 5.52. The molecule has 1 amide bonds. The third-order valence-corrected chi connectivity index (χ3v) is 2.65. The van der Waals surface area contributed by atoms with Crippen molar-refractivity contribution in [3.05, 3.63) is 23.3 Å². The number of nitrogens with one attached hydrogen (secondary N) is 2. The highest BCUT2D eigenvalue weighted by Crippen LogP contribution is 2.24. The quantitative estimate of drug-likeness (QED) is 0.834. The number of aromatic nitrogens is 2. The molecule has 0 saturated heterocycles. The highest BCUT2D eigenvalue weighted by atomic mass is 16.6. The van der Waals surface area contributed by atoms with Gasteiger partial charge in [0, 0.05) is 5.39 Å². The molecule has 2 N–H and O–H groups in total. The van der Waals surface area contributed by atoms with Crippen molar-refractivity contribution in [1.82, 2.24) is 10.2 Å². The summed E-state index contributed by atoms with van der Waals surface area (Å²) in [5.74, 6) is 0.391. The number of rotatable bonds is 1. The van der Waals surface area contributed by atoms with Gasteiger partial charge in [-0.3, -0.25) is 10.4 Å². The number of benzene rings is 1. The van der Waals surface area contributed by atoms with Crippen LogP contribution in [0.4, 0.5) is 10.6 Å². The van der Waals surface area contributed by atoms with Crippen molar-refractivity contribution in [3.8, 4) is 6.07 Å². The van der Waals surface area contributed by atoms with E-state index in [4.69, 9.17) is 10.00 Å². The third kappa shape index (κ3) is 2.88. The van der Waals surface area contributed by atoms with Crippen molar-refractivity contribution in [3.63, 3.8) is 0 Å². The highest BCUT2D eigenvalue weighted by Gasteiger charge is 2.18. The molecule has 6 heteroatoms. The standard InChI is InChI=1S/C14H16N4O2/c1-8-5-10-11(6-9(8)7-15)17-18-12(10)16-13(19)20-14(2,3)4/h5-6H,1-4H3,(H2,16,17,18,19). The average Bonchev–Trinajstić information content (AvgIpc) is 2.68. The minimum Gasteiger partial charge on any atom is -0.444 e. The SMILES string of the molecule is Cc1cc2c(NC(=O)OC(C)(C)C)n[nH]c2cc1C#N. The van der Waals surface area contributed by atoms with E-state index in [2.05, 4.69) is 21.6 Å². The van der Waals surface area contributed by atoms with Crippen molar-refractivity contribution >= 4 is 22.8 Å². The number of ether oxygens (including phenoxy) is 1. The van der Waals surface area contributed by atoms with E-state index in [1.807, 2.05) is 13.0 Å². The molecule has 0 bridgehead atoms. The summed E-state index contributed by atoms with van der Waals surface area (Å²) >= 11 is 0. The van der Waals surface area contributed by atoms with Gasteiger partial charge in [0.25, 0.3) is 0 Å². The Labute approximate surface area is 116 Å². The van der Waals surface area contributed by atoms with E-state index in [9.17, 15) is 4.79 Å². The fourth-order valence-corrected chi connectivity index (χ4v) is 1.79. The molecule has 2 rings (SSSR count). The van der Waals surface area contributed by atoms with Crippen LogP contribution in [0, 0.1) is 18.3 Å². The number of hydrogen-bond donors (Lipinski definition) is 2. The zero-order valence-electron chi connectivity index (χ0n) is 11.9. The van der Waals surface area contributed by atoms with E-state index in [0.29, 0.717) is 16.9 Å². The Hall–Kier alpha value is -2.55. The van der Waals surface area contributed by atoms with Gasteiger partial charge in [0.2, 0.25) is 0 Å². The van der Waals surface area contributed by atoms with Crippen LogP contribution in [0.3, 0.4) is 0 Å². The fourth-order valence-electron chi connectivity index (χ4n) is 1.79. The number of aromatic amines is 1. The molecular weight excluding hydrogens is 256 g/mol. The summed E-state index contributed by atoms with van der Waals surface area (Å²) in [5, 5.41) is 19.1. The number of amides is 1. The Morgan fingerprint density at radius 3 is 2.75 bits per heavy atom. The van der Waals surface area contributed by atoms with Crippen LogP contribution in [0.5, 0.6) is 0 Å². The van der Waals surface area contributed by atoms with Crippen LogP contribution < -0.4 is 5.32 Å². The Kier molecular flexibility index (Phi) is 3.36. The fraction of sp³-hybridized carbons (Fsp3) is 0.357. The van der Waals surface area contributed by atoms with E-state index in [0.717, 1.165) is 10.9 Å². The lowest BCUT2D eigenvalue weighted by Crippen LogP contribution is -2.27. The van der Waals surface area contributed by atoms with Crippen LogP contribution in [0.15, 0.2) is 12.1 Å². The topological polar surface area (TPSA) is 90.8 Å². The molecule has 0 atom stereocenters. The predicted molar refractivity (Wildman–Crippen MR) is 75.4 cm³/mol. The van der Waals surface area contributed by atoms with Crippen LogP contribution in [-0.2, 0) is 4.74 Å². The third-order valence-electron chi connectivity index (χ3n) is 2.65. The summed E-state index contributed by atoms with van der Waals surface area (Å²) < 4.78 is 5.18. The average molecular weight is 272 g/mol. The number of carbonyl (C=O) groups is 1. The van der Waals surface area contributed by atoms with Crippen molar-refractivity contribution in [1.29, 1.82) is 5.26 Å². The summed E-state index contributed by atoms with van der Waals surface area (Å²) in [6.45, 7) is 7.21. The van der Waals surface area contributed by atoms with Gasteiger partial charge in [0.15, 0.2) is 5.82 Å². The van der Waals surface area contributed by atoms with Gasteiger partial charge < -0.3 is 4.74 Å². The zero-order chi connectivity index (χ0) is 14.9. The number of aryl methyl sites for hydroxylation is 1. The van der Waals surface area contributed by atoms with Gasteiger partial charge in [-0.15, -0.1) is 0 Å². The van der Waals surface area contributed by atoms with Gasteiger partial charge >= 0.3 is 6.09 Å². The summed E-state index contributed by atoms with van der Waals surface area (Å²) in [5.41, 5.74) is 1.52. The van der Waals surface area contributed by atoms with Crippen molar-refractivity contribution in [2.45, 2.75) is 33.3 Å². The first kappa shape index (κ1) is 13.9. The Bertz CT molecular complexity index is 704. The smallest absolute Gasteiger partial charge is 0.413 e. The number of nitrogens with zero attached hydrogens (tertiary/aromatic N) is 2. The van der Waals surface area contributed by atoms with Crippen LogP contribution in [-0.4, -0.2) is 21.9 Å². The molecule has 6 nitrogen and oxygen atoms in total. The molecule has 1 aromatic carbocycles. The molecular formula is C14H16N4O2. The van der Waals surface area contributed by atoms with Crippen molar-refractivity contribution in [2.75, 3.05) is 5.32 Å². The van der Waals surface area contributed by atoms with E-state index in [-0.39, 0.29) is 0 Å². The van der Waals surface area contributed by atoms with Crippen LogP contribution in [0.1, 0.15) is 31.9 Å². The van der Waals surface area contributed by atoms with Crippen LogP contribution in [0.25, 0.3) is 10.9 Å².